The number of hydrogen-bond donors (Lipinski definition) is 2. The molecule has 1 aliphatic heterocycles. The Labute approximate surface area is 210 Å². The van der Waals surface area contributed by atoms with E-state index in [9.17, 15) is 4.21 Å². The van der Waals surface area contributed by atoms with Crippen LogP contribution >= 0.6 is 11.3 Å². The average molecular weight is 503 g/mol. The Bertz CT molecular complexity index is 993. The number of ether oxygens (including phenoxy) is 1. The SMILES string of the molecule is COc1ccc(-c2sc(NCC3CCCCC3)nc2C)cc1S(=O)NC1CCN(C2CC2)CC1. The number of hydrogen-bond acceptors (Lipinski definition) is 6. The summed E-state index contributed by atoms with van der Waals surface area (Å²) in [5.74, 6) is 1.43. The summed E-state index contributed by atoms with van der Waals surface area (Å²) in [4.78, 5) is 9.23. The lowest BCUT2D eigenvalue weighted by atomic mass is 9.89. The van der Waals surface area contributed by atoms with Gasteiger partial charge in [0.2, 0.25) is 0 Å². The summed E-state index contributed by atoms with van der Waals surface area (Å²) in [5, 5.41) is 4.57. The molecular weight excluding hydrogens is 464 g/mol. The van der Waals surface area contributed by atoms with Crippen molar-refractivity contribution in [3.63, 3.8) is 0 Å². The maximum atomic E-state index is 13.4. The largest absolute Gasteiger partial charge is 0.495 e. The zero-order valence-corrected chi connectivity index (χ0v) is 22.1. The van der Waals surface area contributed by atoms with Crippen molar-refractivity contribution >= 4 is 27.5 Å². The Kier molecular flexibility index (Phi) is 7.88. The van der Waals surface area contributed by atoms with Crippen LogP contribution in [0.3, 0.4) is 0 Å². The molecule has 1 unspecified atom stereocenters. The van der Waals surface area contributed by atoms with Crippen LogP contribution < -0.4 is 14.8 Å². The van der Waals surface area contributed by atoms with E-state index in [1.165, 1.54) is 44.9 Å². The summed E-state index contributed by atoms with van der Waals surface area (Å²) >= 11 is 1.69. The van der Waals surface area contributed by atoms with Crippen LogP contribution in [0.5, 0.6) is 5.75 Å². The van der Waals surface area contributed by atoms with E-state index < -0.39 is 11.0 Å². The summed E-state index contributed by atoms with van der Waals surface area (Å²) < 4.78 is 22.3. The number of rotatable bonds is 9. The number of aromatic nitrogens is 1. The third-order valence-electron chi connectivity index (χ3n) is 7.56. The minimum Gasteiger partial charge on any atom is -0.495 e. The van der Waals surface area contributed by atoms with E-state index in [4.69, 9.17) is 9.72 Å². The molecule has 2 N–H and O–H groups in total. The van der Waals surface area contributed by atoms with E-state index in [1.54, 1.807) is 18.4 Å². The Morgan fingerprint density at radius 2 is 1.88 bits per heavy atom. The highest BCUT2D eigenvalue weighted by Crippen LogP contribution is 2.37. The van der Waals surface area contributed by atoms with E-state index in [2.05, 4.69) is 27.9 Å². The Morgan fingerprint density at radius 3 is 2.59 bits per heavy atom. The normalized spacial score (nSPS) is 21.5. The van der Waals surface area contributed by atoms with E-state index in [0.717, 1.165) is 65.7 Å². The van der Waals surface area contributed by atoms with Crippen molar-refractivity contribution in [3.8, 4) is 16.2 Å². The zero-order valence-electron chi connectivity index (χ0n) is 20.5. The fraction of sp³-hybridized carbons (Fsp3) is 0.654. The van der Waals surface area contributed by atoms with Crippen LogP contribution in [-0.2, 0) is 11.0 Å². The Balaban J connectivity index is 1.26. The third kappa shape index (κ3) is 5.83. The first-order valence-corrected chi connectivity index (χ1v) is 14.9. The smallest absolute Gasteiger partial charge is 0.183 e. The molecule has 2 aromatic rings. The number of methoxy groups -OCH3 is 1. The number of likely N-dealkylation sites (tertiary alicyclic amines) is 1. The van der Waals surface area contributed by atoms with Crippen molar-refractivity contribution in [1.29, 1.82) is 0 Å². The summed E-state index contributed by atoms with van der Waals surface area (Å²) in [6.45, 7) is 5.28. The van der Waals surface area contributed by atoms with Gasteiger partial charge in [-0.1, -0.05) is 30.6 Å². The van der Waals surface area contributed by atoms with E-state index >= 15 is 0 Å². The summed E-state index contributed by atoms with van der Waals surface area (Å²) in [7, 11) is 0.334. The van der Waals surface area contributed by atoms with Gasteiger partial charge in [-0.15, -0.1) is 0 Å². The Morgan fingerprint density at radius 1 is 1.12 bits per heavy atom. The number of aryl methyl sites for hydroxylation is 1. The average Bonchev–Trinajstić information content (AvgIpc) is 3.65. The molecule has 1 aromatic carbocycles. The van der Waals surface area contributed by atoms with Crippen LogP contribution in [0.15, 0.2) is 23.1 Å². The molecule has 1 aromatic heterocycles. The van der Waals surface area contributed by atoms with Gasteiger partial charge in [-0.3, -0.25) is 0 Å². The van der Waals surface area contributed by atoms with Crippen LogP contribution in [0.4, 0.5) is 5.13 Å². The second kappa shape index (κ2) is 11.1. The minimum absolute atomic E-state index is 0.282. The molecule has 8 heteroatoms. The monoisotopic (exact) mass is 502 g/mol. The fourth-order valence-corrected chi connectivity index (χ4v) is 7.57. The highest BCUT2D eigenvalue weighted by Gasteiger charge is 2.32. The quantitative estimate of drug-likeness (QED) is 0.483. The van der Waals surface area contributed by atoms with Gasteiger partial charge in [0.25, 0.3) is 0 Å². The van der Waals surface area contributed by atoms with Gasteiger partial charge in [0.15, 0.2) is 5.13 Å². The number of thiazole rings is 1. The molecule has 0 spiro atoms. The van der Waals surface area contributed by atoms with Crippen LogP contribution in [0, 0.1) is 12.8 Å². The summed E-state index contributed by atoms with van der Waals surface area (Å²) in [6.07, 6.45) is 11.5. The zero-order chi connectivity index (χ0) is 23.5. The van der Waals surface area contributed by atoms with Crippen LogP contribution in [0.1, 0.15) is 63.5 Å². The summed E-state index contributed by atoms with van der Waals surface area (Å²) in [6, 6.07) is 7.11. The third-order valence-corrected chi connectivity index (χ3v) is 9.99. The molecule has 0 bridgehead atoms. The van der Waals surface area contributed by atoms with Crippen molar-refractivity contribution in [1.82, 2.24) is 14.6 Å². The number of piperidine rings is 1. The molecule has 3 aliphatic rings. The molecule has 6 nitrogen and oxygen atoms in total. The van der Waals surface area contributed by atoms with Crippen molar-refractivity contribution in [2.24, 2.45) is 5.92 Å². The van der Waals surface area contributed by atoms with Crippen molar-refractivity contribution in [3.05, 3.63) is 23.9 Å². The lowest BCUT2D eigenvalue weighted by Gasteiger charge is -2.32. The van der Waals surface area contributed by atoms with E-state index in [1.807, 2.05) is 12.1 Å². The van der Waals surface area contributed by atoms with Gasteiger partial charge in [0.1, 0.15) is 16.7 Å². The van der Waals surface area contributed by atoms with Gasteiger partial charge in [-0.2, -0.15) is 0 Å². The van der Waals surface area contributed by atoms with Gasteiger partial charge >= 0.3 is 0 Å². The maximum Gasteiger partial charge on any atom is 0.183 e. The molecule has 0 radical (unpaired) electrons. The highest BCUT2D eigenvalue weighted by molar-refractivity contribution is 7.83. The first kappa shape index (κ1) is 24.2. The molecule has 2 saturated carbocycles. The van der Waals surface area contributed by atoms with Gasteiger partial charge in [0, 0.05) is 18.6 Å². The Hall–Kier alpha value is -1.48. The fourth-order valence-electron chi connectivity index (χ4n) is 5.36. The van der Waals surface area contributed by atoms with E-state index in [0.29, 0.717) is 10.6 Å². The highest BCUT2D eigenvalue weighted by atomic mass is 32.2. The maximum absolute atomic E-state index is 13.4. The first-order valence-electron chi connectivity index (χ1n) is 12.9. The standard InChI is InChI=1S/C26H38N4O2S2/c1-18-25(33-26(28-18)27-17-19-6-4-3-5-7-19)20-8-11-23(32-2)24(16-20)34(31)29-21-12-14-30(15-13-21)22-9-10-22/h8,11,16,19,21-22,29H,3-7,9-10,12-15,17H2,1-2H3,(H,27,28). The molecule has 0 amide bonds. The number of nitrogens with zero attached hydrogens (tertiary/aromatic N) is 2. The number of anilines is 1. The molecule has 2 heterocycles. The second-order valence-electron chi connectivity index (χ2n) is 10.1. The first-order chi connectivity index (χ1) is 16.6. The summed E-state index contributed by atoms with van der Waals surface area (Å²) in [5.41, 5.74) is 2.06. The second-order valence-corrected chi connectivity index (χ2v) is 12.3. The predicted molar refractivity (Wildman–Crippen MR) is 141 cm³/mol. The van der Waals surface area contributed by atoms with Gasteiger partial charge in [0.05, 0.1) is 22.6 Å². The molecule has 1 atom stereocenters. The molecule has 3 fully saturated rings. The van der Waals surface area contributed by atoms with Crippen LogP contribution in [0.2, 0.25) is 0 Å². The molecule has 5 rings (SSSR count). The van der Waals surface area contributed by atoms with E-state index in [-0.39, 0.29) is 6.04 Å². The van der Waals surface area contributed by atoms with Crippen molar-refractivity contribution < 1.29 is 8.95 Å². The minimum atomic E-state index is -1.31. The number of benzene rings is 1. The lowest BCUT2D eigenvalue weighted by Crippen LogP contribution is -2.43. The number of nitrogens with one attached hydrogen (secondary N) is 2. The molecule has 2 aliphatic carbocycles. The topological polar surface area (TPSA) is 66.5 Å². The molecule has 34 heavy (non-hydrogen) atoms. The lowest BCUT2D eigenvalue weighted by molar-refractivity contribution is 0.199. The van der Waals surface area contributed by atoms with Gasteiger partial charge < -0.3 is 15.0 Å². The van der Waals surface area contributed by atoms with Gasteiger partial charge in [-0.25, -0.2) is 13.9 Å². The van der Waals surface area contributed by atoms with Crippen molar-refractivity contribution in [2.75, 3.05) is 32.1 Å². The molecule has 1 saturated heterocycles. The van der Waals surface area contributed by atoms with Gasteiger partial charge in [-0.05, 0) is 88.2 Å². The van der Waals surface area contributed by atoms with Crippen LogP contribution in [-0.4, -0.2) is 52.9 Å². The molecule has 186 valence electrons. The molecular formula is C26H38N4O2S2. The van der Waals surface area contributed by atoms with Crippen LogP contribution in [0.25, 0.3) is 10.4 Å². The van der Waals surface area contributed by atoms with Crippen molar-refractivity contribution in [2.45, 2.75) is 81.7 Å². The predicted octanol–water partition coefficient (Wildman–Crippen LogP) is 5.36.